The van der Waals surface area contributed by atoms with Crippen molar-refractivity contribution < 1.29 is 22.8 Å². The van der Waals surface area contributed by atoms with Crippen LogP contribution in [0.1, 0.15) is 97.5 Å². The first-order valence-corrected chi connectivity index (χ1v) is 15.6. The molecule has 2 aliphatic rings. The highest BCUT2D eigenvalue weighted by Crippen LogP contribution is 2.38. The van der Waals surface area contributed by atoms with Gasteiger partial charge in [-0.1, -0.05) is 38.5 Å². The van der Waals surface area contributed by atoms with E-state index < -0.39 is 22.4 Å². The molecule has 0 heterocycles. The molecule has 0 amide bonds. The Labute approximate surface area is 249 Å². The van der Waals surface area contributed by atoms with Crippen molar-refractivity contribution in [1.82, 2.24) is 4.90 Å². The summed E-state index contributed by atoms with van der Waals surface area (Å²) in [5.41, 5.74) is 0.941. The van der Waals surface area contributed by atoms with Crippen LogP contribution in [0.5, 0.6) is 0 Å². The van der Waals surface area contributed by atoms with Gasteiger partial charge in [-0.2, -0.15) is 13.2 Å². The van der Waals surface area contributed by atoms with Crippen molar-refractivity contribution in [3.05, 3.63) is 69.0 Å². The van der Waals surface area contributed by atoms with Crippen LogP contribution in [0.4, 0.5) is 24.5 Å². The Kier molecular flexibility index (Phi) is 13.0. The Morgan fingerprint density at radius 3 is 2.50 bits per heavy atom. The number of allylic oxidation sites excluding steroid dienone is 6. The number of benzene rings is 1. The number of halogens is 3. The Balaban J connectivity index is 1.46. The summed E-state index contributed by atoms with van der Waals surface area (Å²) < 4.78 is 46.4. The lowest BCUT2D eigenvalue weighted by Crippen LogP contribution is -2.29. The Morgan fingerprint density at radius 1 is 1.12 bits per heavy atom. The molecule has 234 valence electrons. The number of anilines is 1. The predicted octanol–water partition coefficient (Wildman–Crippen LogP) is 9.44. The molecule has 1 atom stereocenters. The van der Waals surface area contributed by atoms with Crippen LogP contribution in [-0.2, 0) is 10.9 Å². The summed E-state index contributed by atoms with van der Waals surface area (Å²) in [7, 11) is 0. The molecule has 0 spiro atoms. The van der Waals surface area contributed by atoms with Gasteiger partial charge in [0.15, 0.2) is 0 Å². The number of alkyl halides is 3. The quantitative estimate of drug-likeness (QED) is 0.172. The van der Waals surface area contributed by atoms with E-state index in [0.29, 0.717) is 5.92 Å². The van der Waals surface area contributed by atoms with Crippen LogP contribution >= 0.6 is 0 Å². The zero-order chi connectivity index (χ0) is 30.7. The molecule has 0 saturated heterocycles. The number of nitro benzene ring substituents is 1. The summed E-state index contributed by atoms with van der Waals surface area (Å²) in [6.45, 7) is 12.6. The third-order valence-corrected chi connectivity index (χ3v) is 8.57. The normalized spacial score (nSPS) is 21.9. The Hall–Kier alpha value is -2.81. The van der Waals surface area contributed by atoms with Gasteiger partial charge in [-0.3, -0.25) is 10.1 Å². The van der Waals surface area contributed by atoms with Crippen LogP contribution in [0.2, 0.25) is 0 Å². The number of rotatable bonds is 14. The SMILES string of the molecule is CCCN(CC)CCC(C)CCC1=C(C)CC/C(OC2CCC(Nc3ccc([N+](=O)[O-])c(C(F)(F)F)c3)CC2)=C/C=C1. The van der Waals surface area contributed by atoms with Crippen LogP contribution in [0.25, 0.3) is 0 Å². The van der Waals surface area contributed by atoms with Crippen molar-refractivity contribution in [2.45, 2.75) is 110 Å². The van der Waals surface area contributed by atoms with E-state index >= 15 is 0 Å². The molecule has 1 saturated carbocycles. The summed E-state index contributed by atoms with van der Waals surface area (Å²) in [4.78, 5) is 12.6. The van der Waals surface area contributed by atoms with Crippen molar-refractivity contribution in [2.75, 3.05) is 25.0 Å². The summed E-state index contributed by atoms with van der Waals surface area (Å²) in [6, 6.07) is 3.10. The topological polar surface area (TPSA) is 67.6 Å². The summed E-state index contributed by atoms with van der Waals surface area (Å²) in [5, 5.41) is 14.2. The fourth-order valence-corrected chi connectivity index (χ4v) is 5.84. The molecule has 1 N–H and O–H groups in total. The van der Waals surface area contributed by atoms with Crippen LogP contribution in [0, 0.1) is 16.0 Å². The van der Waals surface area contributed by atoms with E-state index in [2.05, 4.69) is 56.1 Å². The fourth-order valence-electron chi connectivity index (χ4n) is 5.84. The first-order valence-electron chi connectivity index (χ1n) is 15.6. The predicted molar refractivity (Wildman–Crippen MR) is 163 cm³/mol. The Bertz CT molecular complexity index is 1120. The third kappa shape index (κ3) is 10.5. The zero-order valence-electron chi connectivity index (χ0n) is 25.6. The molecule has 0 bridgehead atoms. The number of hydrogen-bond donors (Lipinski definition) is 1. The van der Waals surface area contributed by atoms with Crippen molar-refractivity contribution in [1.29, 1.82) is 0 Å². The van der Waals surface area contributed by atoms with Crippen molar-refractivity contribution >= 4 is 11.4 Å². The highest BCUT2D eigenvalue weighted by atomic mass is 19.4. The second-order valence-corrected chi connectivity index (χ2v) is 11.9. The van der Waals surface area contributed by atoms with E-state index in [1.54, 1.807) is 0 Å². The van der Waals surface area contributed by atoms with E-state index in [9.17, 15) is 23.3 Å². The molecule has 1 unspecified atom stereocenters. The molecule has 3 rings (SSSR count). The average Bonchev–Trinajstić information content (AvgIpc) is 2.94. The van der Waals surface area contributed by atoms with Gasteiger partial charge in [0.1, 0.15) is 5.56 Å². The maximum absolute atomic E-state index is 13.3. The Morgan fingerprint density at radius 2 is 1.86 bits per heavy atom. The van der Waals surface area contributed by atoms with Crippen LogP contribution < -0.4 is 5.32 Å². The zero-order valence-corrected chi connectivity index (χ0v) is 25.6. The van der Waals surface area contributed by atoms with Gasteiger partial charge in [0.2, 0.25) is 0 Å². The monoisotopic (exact) mass is 591 g/mol. The third-order valence-electron chi connectivity index (χ3n) is 8.57. The summed E-state index contributed by atoms with van der Waals surface area (Å²) in [6.07, 6.45) is 11.4. The second kappa shape index (κ2) is 16.1. The van der Waals surface area contributed by atoms with Crippen molar-refractivity contribution in [3.8, 4) is 0 Å². The molecule has 1 fully saturated rings. The van der Waals surface area contributed by atoms with Gasteiger partial charge in [-0.25, -0.2) is 0 Å². The van der Waals surface area contributed by atoms with Gasteiger partial charge in [-0.15, -0.1) is 0 Å². The molecule has 9 heteroatoms. The molecule has 42 heavy (non-hydrogen) atoms. The highest BCUT2D eigenvalue weighted by molar-refractivity contribution is 5.55. The number of nitrogens with one attached hydrogen (secondary N) is 1. The van der Waals surface area contributed by atoms with Gasteiger partial charge >= 0.3 is 6.18 Å². The molecule has 0 aromatic heterocycles. The van der Waals surface area contributed by atoms with Crippen molar-refractivity contribution in [2.24, 2.45) is 5.92 Å². The number of nitrogens with zero attached hydrogens (tertiary/aromatic N) is 2. The molecular formula is C33H48F3N3O3. The van der Waals surface area contributed by atoms with Gasteiger partial charge in [0.05, 0.1) is 16.8 Å². The fraction of sp³-hybridized carbons (Fsp3) is 0.636. The van der Waals surface area contributed by atoms with Gasteiger partial charge in [0, 0.05) is 24.2 Å². The van der Waals surface area contributed by atoms with E-state index in [1.165, 1.54) is 49.6 Å². The van der Waals surface area contributed by atoms with Gasteiger partial charge in [-0.05, 0) is 114 Å². The molecule has 6 nitrogen and oxygen atoms in total. The number of nitro groups is 1. The average molecular weight is 592 g/mol. The van der Waals surface area contributed by atoms with E-state index in [0.717, 1.165) is 69.4 Å². The maximum atomic E-state index is 13.3. The van der Waals surface area contributed by atoms with Crippen LogP contribution in [0.15, 0.2) is 53.3 Å². The molecule has 1 aromatic carbocycles. The lowest BCUT2D eigenvalue weighted by molar-refractivity contribution is -0.388. The van der Waals surface area contributed by atoms with Gasteiger partial charge < -0.3 is 15.0 Å². The van der Waals surface area contributed by atoms with Crippen LogP contribution in [-0.4, -0.2) is 41.6 Å². The molecule has 2 aliphatic carbocycles. The van der Waals surface area contributed by atoms with E-state index in [-0.39, 0.29) is 17.8 Å². The highest BCUT2D eigenvalue weighted by Gasteiger charge is 2.38. The summed E-state index contributed by atoms with van der Waals surface area (Å²) in [5.74, 6) is 1.68. The standard InChI is InChI=1S/C33H48F3N3O3/c1-5-21-38(6-2)22-20-24(3)10-12-26-8-7-9-29(16-11-25(26)4)42-30-17-13-27(14-18-30)37-28-15-19-32(39(40)41)31(23-28)33(34,35)36/h7-9,15,19,23-24,27,30,37H,5-6,10-14,16-18,20-22H2,1-4H3/b8-7?,26-25?,29-9-. The maximum Gasteiger partial charge on any atom is 0.423 e. The smallest absolute Gasteiger partial charge is 0.423 e. The molecule has 1 aromatic rings. The first kappa shape index (κ1) is 33.7. The lowest BCUT2D eigenvalue weighted by Gasteiger charge is -2.31. The molecular weight excluding hydrogens is 543 g/mol. The second-order valence-electron chi connectivity index (χ2n) is 11.9. The minimum atomic E-state index is -4.79. The molecule has 0 aliphatic heterocycles. The molecule has 0 radical (unpaired) electrons. The van der Waals surface area contributed by atoms with E-state index in [1.807, 2.05) is 0 Å². The van der Waals surface area contributed by atoms with E-state index in [4.69, 9.17) is 4.74 Å². The largest absolute Gasteiger partial charge is 0.495 e. The number of hydrogen-bond acceptors (Lipinski definition) is 5. The minimum absolute atomic E-state index is 0.00887. The van der Waals surface area contributed by atoms with Crippen molar-refractivity contribution in [3.63, 3.8) is 0 Å². The van der Waals surface area contributed by atoms with Gasteiger partial charge in [0.25, 0.3) is 5.69 Å². The van der Waals surface area contributed by atoms with Crippen LogP contribution in [0.3, 0.4) is 0 Å². The first-order chi connectivity index (χ1) is 20.0. The minimum Gasteiger partial charge on any atom is -0.495 e. The lowest BCUT2D eigenvalue weighted by atomic mass is 9.92. The number of ether oxygens (including phenoxy) is 1. The summed E-state index contributed by atoms with van der Waals surface area (Å²) >= 11 is 0.